The second-order valence-electron chi connectivity index (χ2n) is 4.85. The third-order valence-electron chi connectivity index (χ3n) is 3.38. The Balaban J connectivity index is 1.54. The van der Waals surface area contributed by atoms with Gasteiger partial charge in [0.2, 0.25) is 5.91 Å². The number of carbonyl (C=O) groups excluding carboxylic acids is 1. The van der Waals surface area contributed by atoms with Crippen LogP contribution in [0.3, 0.4) is 0 Å². The van der Waals surface area contributed by atoms with E-state index in [4.69, 9.17) is 4.74 Å². The number of hydrogen-bond acceptors (Lipinski definition) is 5. The molecule has 0 unspecified atom stereocenters. The quantitative estimate of drug-likeness (QED) is 0.875. The third-order valence-corrected chi connectivity index (χ3v) is 4.02. The molecule has 0 aromatic carbocycles. The lowest BCUT2D eigenvalue weighted by molar-refractivity contribution is -0.121. The molecular formula is C13H16N4O2S. The van der Waals surface area contributed by atoms with Crippen LogP contribution in [-0.2, 0) is 11.2 Å². The molecule has 7 heteroatoms. The molecule has 106 valence electrons. The lowest BCUT2D eigenvalue weighted by Gasteiger charge is -2.21. The Morgan fingerprint density at radius 3 is 3.25 bits per heavy atom. The minimum absolute atomic E-state index is 0.00333. The Bertz CT molecular complexity index is 541. The summed E-state index contributed by atoms with van der Waals surface area (Å²) in [5.74, 6) is 0.722. The number of hydrogen-bond donors (Lipinski definition) is 2. The third kappa shape index (κ3) is 3.16. The fourth-order valence-electron chi connectivity index (χ4n) is 2.46. The Morgan fingerprint density at radius 2 is 2.50 bits per heavy atom. The Hall–Kier alpha value is -1.89. The van der Waals surface area contributed by atoms with Crippen molar-refractivity contribution in [3.8, 4) is 5.75 Å². The number of aromatic nitrogens is 3. The molecule has 20 heavy (non-hydrogen) atoms. The van der Waals surface area contributed by atoms with Crippen LogP contribution in [0, 0.1) is 0 Å². The summed E-state index contributed by atoms with van der Waals surface area (Å²) < 4.78 is 5.84. The van der Waals surface area contributed by atoms with Gasteiger partial charge in [-0.3, -0.25) is 9.89 Å². The van der Waals surface area contributed by atoms with Crippen molar-refractivity contribution in [3.05, 3.63) is 29.0 Å². The van der Waals surface area contributed by atoms with Crippen LogP contribution in [0.1, 0.15) is 25.0 Å². The zero-order valence-electron chi connectivity index (χ0n) is 10.9. The van der Waals surface area contributed by atoms with Crippen molar-refractivity contribution < 1.29 is 9.53 Å². The molecule has 1 aliphatic rings. The largest absolute Gasteiger partial charge is 0.485 e. The van der Waals surface area contributed by atoms with E-state index in [1.165, 1.54) is 11.3 Å². The summed E-state index contributed by atoms with van der Waals surface area (Å²) in [7, 11) is 0. The number of carbonyl (C=O) groups is 1. The molecule has 2 atom stereocenters. The molecule has 1 aliphatic carbocycles. The highest BCUT2D eigenvalue weighted by molar-refractivity contribution is 7.07. The van der Waals surface area contributed by atoms with Crippen molar-refractivity contribution in [1.29, 1.82) is 0 Å². The maximum atomic E-state index is 12.0. The minimum Gasteiger partial charge on any atom is -0.485 e. The molecule has 2 aromatic rings. The van der Waals surface area contributed by atoms with Gasteiger partial charge in [-0.1, -0.05) is 0 Å². The maximum Gasteiger partial charge on any atom is 0.226 e. The van der Waals surface area contributed by atoms with E-state index in [0.29, 0.717) is 6.42 Å². The summed E-state index contributed by atoms with van der Waals surface area (Å²) in [6.45, 7) is 0. The second-order valence-corrected chi connectivity index (χ2v) is 5.57. The van der Waals surface area contributed by atoms with Crippen LogP contribution >= 0.6 is 11.3 Å². The van der Waals surface area contributed by atoms with Crippen LogP contribution in [-0.4, -0.2) is 33.2 Å². The normalized spacial score (nSPS) is 21.8. The molecule has 1 fully saturated rings. The van der Waals surface area contributed by atoms with Crippen LogP contribution in [0.4, 0.5) is 0 Å². The molecule has 2 aromatic heterocycles. The SMILES string of the molecule is O=C(Cc1cscn1)N[C@@H]1CCC[C@@H]1Oc1cn[nH]c1. The summed E-state index contributed by atoms with van der Waals surface area (Å²) in [5, 5.41) is 11.5. The predicted octanol–water partition coefficient (Wildman–Crippen LogP) is 1.52. The van der Waals surface area contributed by atoms with Crippen molar-refractivity contribution in [2.45, 2.75) is 37.8 Å². The van der Waals surface area contributed by atoms with Gasteiger partial charge in [-0.15, -0.1) is 11.3 Å². The lowest BCUT2D eigenvalue weighted by Crippen LogP contribution is -2.43. The molecule has 1 amide bonds. The number of amides is 1. The molecule has 0 spiro atoms. The second kappa shape index (κ2) is 6.04. The Morgan fingerprint density at radius 1 is 1.55 bits per heavy atom. The van der Waals surface area contributed by atoms with Gasteiger partial charge in [0, 0.05) is 5.38 Å². The molecule has 0 saturated heterocycles. The number of H-pyrrole nitrogens is 1. The van der Waals surface area contributed by atoms with Crippen LogP contribution in [0.2, 0.25) is 0 Å². The van der Waals surface area contributed by atoms with Gasteiger partial charge in [0.1, 0.15) is 6.10 Å². The molecule has 0 aliphatic heterocycles. The van der Waals surface area contributed by atoms with Crippen molar-refractivity contribution >= 4 is 17.2 Å². The van der Waals surface area contributed by atoms with E-state index in [0.717, 1.165) is 30.7 Å². The maximum absolute atomic E-state index is 12.0. The predicted molar refractivity (Wildman–Crippen MR) is 74.6 cm³/mol. The number of ether oxygens (including phenoxy) is 1. The van der Waals surface area contributed by atoms with E-state index in [2.05, 4.69) is 20.5 Å². The first kappa shape index (κ1) is 13.1. The molecule has 0 bridgehead atoms. The number of nitrogens with zero attached hydrogens (tertiary/aromatic N) is 2. The minimum atomic E-state index is 0.00333. The van der Waals surface area contributed by atoms with Gasteiger partial charge in [0.25, 0.3) is 0 Å². The summed E-state index contributed by atoms with van der Waals surface area (Å²) >= 11 is 1.50. The average Bonchev–Trinajstić information content (AvgIpc) is 3.14. The highest BCUT2D eigenvalue weighted by atomic mass is 32.1. The van der Waals surface area contributed by atoms with Gasteiger partial charge in [-0.05, 0) is 19.3 Å². The van der Waals surface area contributed by atoms with Crippen LogP contribution < -0.4 is 10.1 Å². The smallest absolute Gasteiger partial charge is 0.226 e. The van der Waals surface area contributed by atoms with E-state index in [1.807, 2.05) is 5.38 Å². The molecule has 6 nitrogen and oxygen atoms in total. The number of thiazole rings is 1. The van der Waals surface area contributed by atoms with Gasteiger partial charge < -0.3 is 10.1 Å². The summed E-state index contributed by atoms with van der Waals surface area (Å²) in [6, 6.07) is 0.0658. The zero-order chi connectivity index (χ0) is 13.8. The van der Waals surface area contributed by atoms with E-state index in [9.17, 15) is 4.79 Å². The first-order chi connectivity index (χ1) is 9.81. The van der Waals surface area contributed by atoms with Gasteiger partial charge in [0.05, 0.1) is 36.1 Å². The fourth-order valence-corrected chi connectivity index (χ4v) is 3.02. The van der Waals surface area contributed by atoms with Gasteiger partial charge in [0.15, 0.2) is 5.75 Å². The van der Waals surface area contributed by atoms with E-state index >= 15 is 0 Å². The molecule has 2 N–H and O–H groups in total. The molecule has 2 heterocycles. The Labute approximate surface area is 120 Å². The van der Waals surface area contributed by atoms with Crippen LogP contribution in [0.25, 0.3) is 0 Å². The lowest BCUT2D eigenvalue weighted by atomic mass is 10.2. The first-order valence-electron chi connectivity index (χ1n) is 6.63. The summed E-state index contributed by atoms with van der Waals surface area (Å²) in [4.78, 5) is 16.1. The monoisotopic (exact) mass is 292 g/mol. The van der Waals surface area contributed by atoms with E-state index in [-0.39, 0.29) is 18.1 Å². The van der Waals surface area contributed by atoms with Gasteiger partial charge in [-0.25, -0.2) is 4.98 Å². The van der Waals surface area contributed by atoms with Crippen molar-refractivity contribution in [1.82, 2.24) is 20.5 Å². The van der Waals surface area contributed by atoms with Gasteiger partial charge >= 0.3 is 0 Å². The highest BCUT2D eigenvalue weighted by Crippen LogP contribution is 2.24. The van der Waals surface area contributed by atoms with Crippen LogP contribution in [0.5, 0.6) is 5.75 Å². The zero-order valence-corrected chi connectivity index (χ0v) is 11.7. The molecule has 0 radical (unpaired) electrons. The average molecular weight is 292 g/mol. The number of rotatable bonds is 5. The van der Waals surface area contributed by atoms with Crippen LogP contribution in [0.15, 0.2) is 23.3 Å². The topological polar surface area (TPSA) is 79.9 Å². The fraction of sp³-hybridized carbons (Fsp3) is 0.462. The van der Waals surface area contributed by atoms with Crippen molar-refractivity contribution in [2.75, 3.05) is 0 Å². The first-order valence-corrected chi connectivity index (χ1v) is 7.57. The highest BCUT2D eigenvalue weighted by Gasteiger charge is 2.30. The van der Waals surface area contributed by atoms with E-state index < -0.39 is 0 Å². The summed E-state index contributed by atoms with van der Waals surface area (Å²) in [5.41, 5.74) is 2.56. The molecule has 1 saturated carbocycles. The number of nitrogens with one attached hydrogen (secondary N) is 2. The summed E-state index contributed by atoms with van der Waals surface area (Å²) in [6.07, 6.45) is 6.67. The van der Waals surface area contributed by atoms with Crippen molar-refractivity contribution in [2.24, 2.45) is 0 Å². The number of aromatic amines is 1. The van der Waals surface area contributed by atoms with Gasteiger partial charge in [-0.2, -0.15) is 5.10 Å². The van der Waals surface area contributed by atoms with E-state index in [1.54, 1.807) is 17.9 Å². The van der Waals surface area contributed by atoms with Crippen molar-refractivity contribution in [3.63, 3.8) is 0 Å². The molecular weight excluding hydrogens is 276 g/mol. The standard InChI is InChI=1S/C13H16N4O2S/c18-13(4-9-7-20-8-14-9)17-11-2-1-3-12(11)19-10-5-15-16-6-10/h5-8,11-12H,1-4H2,(H,15,16)(H,17,18)/t11-,12+/m1/s1. The molecule has 3 rings (SSSR count). The Kier molecular flexibility index (Phi) is 3.96.